The van der Waals surface area contributed by atoms with Crippen molar-refractivity contribution in [1.29, 1.82) is 0 Å². The lowest BCUT2D eigenvalue weighted by Crippen LogP contribution is -2.32. The lowest BCUT2D eigenvalue weighted by atomic mass is 9.89. The number of Topliss-reactive ketones (excluding diaryl/α,β-unsaturated/α-hetero) is 1. The molecule has 2 aromatic carbocycles. The molecule has 0 saturated heterocycles. The second kappa shape index (κ2) is 5.32. The van der Waals surface area contributed by atoms with Crippen LogP contribution in [0.25, 0.3) is 0 Å². The predicted octanol–water partition coefficient (Wildman–Crippen LogP) is 2.36. The average Bonchev–Trinajstić information content (AvgIpc) is 2.84. The molecular weight excluding hydrogens is 264 g/mol. The molecule has 104 valence electrons. The number of carbonyl (C=O) groups excluding carboxylic acids is 2. The third kappa shape index (κ3) is 2.36. The summed E-state index contributed by atoms with van der Waals surface area (Å²) in [5.41, 5.74) is 1.83. The van der Waals surface area contributed by atoms with E-state index in [-0.39, 0.29) is 11.7 Å². The van der Waals surface area contributed by atoms with Crippen molar-refractivity contribution in [3.8, 4) is 0 Å². The SMILES string of the molecule is CN1N=C(c2ccccc2)[C@@H](C(=O)c2ccccc2)C1=O. The molecule has 3 rings (SSSR count). The number of rotatable bonds is 3. The fourth-order valence-corrected chi connectivity index (χ4v) is 2.41. The number of nitrogens with zero attached hydrogens (tertiary/aromatic N) is 2. The molecule has 0 bridgehead atoms. The van der Waals surface area contributed by atoms with E-state index in [4.69, 9.17) is 0 Å². The van der Waals surface area contributed by atoms with Crippen molar-refractivity contribution in [1.82, 2.24) is 5.01 Å². The van der Waals surface area contributed by atoms with Crippen LogP contribution in [0.5, 0.6) is 0 Å². The molecule has 1 heterocycles. The average molecular weight is 278 g/mol. The second-order valence-corrected chi connectivity index (χ2v) is 4.88. The Morgan fingerprint density at radius 2 is 1.57 bits per heavy atom. The van der Waals surface area contributed by atoms with Gasteiger partial charge in [-0.3, -0.25) is 9.59 Å². The van der Waals surface area contributed by atoms with Crippen LogP contribution in [0.2, 0.25) is 0 Å². The van der Waals surface area contributed by atoms with Gasteiger partial charge in [-0.2, -0.15) is 5.10 Å². The molecule has 0 N–H and O–H groups in total. The fraction of sp³-hybridized carbons (Fsp3) is 0.118. The van der Waals surface area contributed by atoms with E-state index in [2.05, 4.69) is 5.10 Å². The van der Waals surface area contributed by atoms with Crippen LogP contribution in [0.3, 0.4) is 0 Å². The van der Waals surface area contributed by atoms with E-state index in [0.29, 0.717) is 11.3 Å². The van der Waals surface area contributed by atoms with E-state index >= 15 is 0 Å². The highest BCUT2D eigenvalue weighted by Gasteiger charge is 2.40. The van der Waals surface area contributed by atoms with Crippen LogP contribution in [-0.4, -0.2) is 29.5 Å². The minimum absolute atomic E-state index is 0.215. The van der Waals surface area contributed by atoms with Gasteiger partial charge in [-0.15, -0.1) is 0 Å². The van der Waals surface area contributed by atoms with Crippen LogP contribution in [0, 0.1) is 5.92 Å². The quantitative estimate of drug-likeness (QED) is 0.639. The lowest BCUT2D eigenvalue weighted by Gasteiger charge is -2.10. The number of hydrazone groups is 1. The van der Waals surface area contributed by atoms with Crippen molar-refractivity contribution in [3.05, 3.63) is 71.8 Å². The van der Waals surface area contributed by atoms with Crippen molar-refractivity contribution in [2.24, 2.45) is 11.0 Å². The third-order valence-corrected chi connectivity index (χ3v) is 3.49. The highest BCUT2D eigenvalue weighted by Crippen LogP contribution is 2.23. The molecule has 1 atom stereocenters. The van der Waals surface area contributed by atoms with E-state index in [1.54, 1.807) is 31.3 Å². The molecule has 0 fully saturated rings. The van der Waals surface area contributed by atoms with Gasteiger partial charge in [0.05, 0.1) is 5.71 Å². The molecule has 0 spiro atoms. The normalized spacial score (nSPS) is 17.8. The largest absolute Gasteiger partial charge is 0.293 e. The molecule has 1 amide bonds. The number of hydrogen-bond acceptors (Lipinski definition) is 3. The molecule has 1 aliphatic heterocycles. The van der Waals surface area contributed by atoms with Gasteiger partial charge in [-0.25, -0.2) is 5.01 Å². The molecule has 1 aliphatic rings. The van der Waals surface area contributed by atoms with E-state index in [1.807, 2.05) is 36.4 Å². The molecule has 0 unspecified atom stereocenters. The van der Waals surface area contributed by atoms with E-state index < -0.39 is 5.92 Å². The van der Waals surface area contributed by atoms with Crippen LogP contribution >= 0.6 is 0 Å². The molecular formula is C17H14N2O2. The summed E-state index contributed by atoms with van der Waals surface area (Å²) in [5.74, 6) is -1.37. The van der Waals surface area contributed by atoms with Crippen LogP contribution < -0.4 is 0 Å². The number of amides is 1. The number of hydrogen-bond donors (Lipinski definition) is 0. The highest BCUT2D eigenvalue weighted by molar-refractivity contribution is 6.31. The van der Waals surface area contributed by atoms with Gasteiger partial charge in [0, 0.05) is 12.6 Å². The Balaban J connectivity index is 2.02. The van der Waals surface area contributed by atoms with Crippen LogP contribution in [0.4, 0.5) is 0 Å². The van der Waals surface area contributed by atoms with Crippen molar-refractivity contribution < 1.29 is 9.59 Å². The minimum atomic E-state index is -0.861. The van der Waals surface area contributed by atoms with Gasteiger partial charge < -0.3 is 0 Å². The number of ketones is 1. The summed E-state index contributed by atoms with van der Waals surface area (Å²) in [4.78, 5) is 25.0. The van der Waals surface area contributed by atoms with Gasteiger partial charge in [0.1, 0.15) is 5.92 Å². The summed E-state index contributed by atoms with van der Waals surface area (Å²) in [6.45, 7) is 0. The van der Waals surface area contributed by atoms with Gasteiger partial charge in [0.2, 0.25) is 0 Å². The molecule has 21 heavy (non-hydrogen) atoms. The van der Waals surface area contributed by atoms with Crippen LogP contribution in [0.15, 0.2) is 65.8 Å². The maximum absolute atomic E-state index is 12.7. The van der Waals surface area contributed by atoms with Crippen LogP contribution in [-0.2, 0) is 4.79 Å². The Bertz CT molecular complexity index is 708. The maximum atomic E-state index is 12.7. The van der Waals surface area contributed by atoms with Gasteiger partial charge in [-0.1, -0.05) is 60.7 Å². The van der Waals surface area contributed by atoms with Gasteiger partial charge in [0.15, 0.2) is 5.78 Å². The zero-order valence-corrected chi connectivity index (χ0v) is 11.6. The van der Waals surface area contributed by atoms with Gasteiger partial charge >= 0.3 is 0 Å². The predicted molar refractivity (Wildman–Crippen MR) is 80.0 cm³/mol. The first kappa shape index (κ1) is 13.2. The molecule has 4 nitrogen and oxygen atoms in total. The van der Waals surface area contributed by atoms with E-state index in [9.17, 15) is 9.59 Å². The first-order chi connectivity index (χ1) is 10.2. The summed E-state index contributed by atoms with van der Waals surface area (Å²) in [5, 5.41) is 5.49. The van der Waals surface area contributed by atoms with E-state index in [1.165, 1.54) is 5.01 Å². The molecule has 0 aliphatic carbocycles. The summed E-state index contributed by atoms with van der Waals surface area (Å²) in [6.07, 6.45) is 0. The van der Waals surface area contributed by atoms with Crippen molar-refractivity contribution in [2.75, 3.05) is 7.05 Å². The van der Waals surface area contributed by atoms with Gasteiger partial charge in [-0.05, 0) is 5.56 Å². The van der Waals surface area contributed by atoms with Crippen LogP contribution in [0.1, 0.15) is 15.9 Å². The maximum Gasteiger partial charge on any atom is 0.259 e. The van der Waals surface area contributed by atoms with Crippen molar-refractivity contribution in [3.63, 3.8) is 0 Å². The number of benzene rings is 2. The molecule has 0 aromatic heterocycles. The first-order valence-electron chi connectivity index (χ1n) is 6.69. The Morgan fingerprint density at radius 3 is 2.19 bits per heavy atom. The topological polar surface area (TPSA) is 49.7 Å². The number of carbonyl (C=O) groups is 2. The zero-order valence-electron chi connectivity index (χ0n) is 11.6. The Hall–Kier alpha value is -2.75. The molecule has 0 saturated carbocycles. The Labute approximate surface area is 122 Å². The first-order valence-corrected chi connectivity index (χ1v) is 6.69. The van der Waals surface area contributed by atoms with Crippen molar-refractivity contribution in [2.45, 2.75) is 0 Å². The summed E-state index contributed by atoms with van der Waals surface area (Å²) < 4.78 is 0. The highest BCUT2D eigenvalue weighted by atomic mass is 16.2. The molecule has 2 aromatic rings. The minimum Gasteiger partial charge on any atom is -0.293 e. The smallest absolute Gasteiger partial charge is 0.259 e. The zero-order chi connectivity index (χ0) is 14.8. The summed E-state index contributed by atoms with van der Waals surface area (Å²) in [6, 6.07) is 18.2. The fourth-order valence-electron chi connectivity index (χ4n) is 2.41. The van der Waals surface area contributed by atoms with Gasteiger partial charge in [0.25, 0.3) is 5.91 Å². The standard InChI is InChI=1S/C17H14N2O2/c1-19-17(21)14(16(20)13-10-6-3-7-11-13)15(18-19)12-8-4-2-5-9-12/h2-11,14H,1H3/t14-/m0/s1. The summed E-state index contributed by atoms with van der Waals surface area (Å²) in [7, 11) is 1.57. The monoisotopic (exact) mass is 278 g/mol. The lowest BCUT2D eigenvalue weighted by molar-refractivity contribution is -0.129. The molecule has 0 radical (unpaired) electrons. The third-order valence-electron chi connectivity index (χ3n) is 3.49. The Kier molecular flexibility index (Phi) is 3.36. The van der Waals surface area contributed by atoms with E-state index in [0.717, 1.165) is 5.56 Å². The molecule has 4 heteroatoms. The second-order valence-electron chi connectivity index (χ2n) is 4.88. The van der Waals surface area contributed by atoms with Crippen molar-refractivity contribution >= 4 is 17.4 Å². The Morgan fingerprint density at radius 1 is 1.00 bits per heavy atom. The summed E-state index contributed by atoms with van der Waals surface area (Å²) >= 11 is 0.